The molecule has 0 aliphatic carbocycles. The van der Waals surface area contributed by atoms with Crippen LogP contribution in [0.5, 0.6) is 0 Å². The van der Waals surface area contributed by atoms with Gasteiger partial charge in [-0.15, -0.1) is 22.0 Å². The molecule has 0 aliphatic heterocycles. The zero-order valence-corrected chi connectivity index (χ0v) is 12.9. The van der Waals surface area contributed by atoms with Crippen LogP contribution in [0.25, 0.3) is 11.5 Å². The second-order valence-electron chi connectivity index (χ2n) is 4.09. The molecule has 3 aromatic rings. The number of nitrogens with zero attached hydrogens (tertiary/aromatic N) is 2. The minimum atomic E-state index is 0.563. The molecule has 0 unspecified atom stereocenters. The lowest BCUT2D eigenvalue weighted by atomic mass is 10.2. The first kappa shape index (κ1) is 13.4. The molecule has 0 fully saturated rings. The number of rotatable bonds is 4. The zero-order chi connectivity index (χ0) is 13.8. The van der Waals surface area contributed by atoms with Crippen LogP contribution in [0, 0.1) is 0 Å². The first-order valence-corrected chi connectivity index (χ1v) is 7.86. The summed E-state index contributed by atoms with van der Waals surface area (Å²) in [5.41, 5.74) is 0.942. The maximum absolute atomic E-state index is 5.67. The summed E-state index contributed by atoms with van der Waals surface area (Å²) in [5.74, 6) is 1.85. The molecule has 0 aliphatic rings. The summed E-state index contributed by atoms with van der Waals surface area (Å²) in [7, 11) is 0. The summed E-state index contributed by atoms with van der Waals surface area (Å²) in [5, 5.41) is 8.16. The number of aromatic nitrogens is 2. The zero-order valence-electron chi connectivity index (χ0n) is 10.5. The van der Waals surface area contributed by atoms with E-state index in [0.717, 1.165) is 14.9 Å². The van der Waals surface area contributed by atoms with Gasteiger partial charge in [0.2, 0.25) is 11.8 Å². The van der Waals surface area contributed by atoms with Crippen molar-refractivity contribution >= 4 is 27.7 Å². The van der Waals surface area contributed by atoms with Crippen molar-refractivity contribution in [3.63, 3.8) is 0 Å². The fourth-order valence-corrected chi connectivity index (χ4v) is 3.12. The Hall–Kier alpha value is -1.59. The molecule has 0 N–H and O–H groups in total. The molecule has 0 saturated heterocycles. The maximum atomic E-state index is 5.67. The van der Waals surface area contributed by atoms with Crippen molar-refractivity contribution in [2.45, 2.75) is 10.6 Å². The molecule has 1 heterocycles. The van der Waals surface area contributed by atoms with Gasteiger partial charge >= 0.3 is 0 Å². The van der Waals surface area contributed by atoms with Crippen molar-refractivity contribution in [2.75, 3.05) is 0 Å². The van der Waals surface area contributed by atoms with E-state index in [2.05, 4.69) is 32.2 Å². The van der Waals surface area contributed by atoms with Crippen molar-refractivity contribution < 1.29 is 4.42 Å². The van der Waals surface area contributed by atoms with E-state index in [-0.39, 0.29) is 0 Å². The summed E-state index contributed by atoms with van der Waals surface area (Å²) >= 11 is 5.19. The summed E-state index contributed by atoms with van der Waals surface area (Å²) in [6.07, 6.45) is 0. The fourth-order valence-electron chi connectivity index (χ4n) is 1.71. The van der Waals surface area contributed by atoms with E-state index < -0.39 is 0 Å². The van der Waals surface area contributed by atoms with Gasteiger partial charge in [0.25, 0.3) is 0 Å². The third-order valence-electron chi connectivity index (χ3n) is 2.68. The standard InChI is InChI=1S/C15H11BrN2OS/c16-12-8-4-5-9-13(12)20-10-14-17-18-15(19-14)11-6-2-1-3-7-11/h1-9H,10H2. The van der Waals surface area contributed by atoms with Gasteiger partial charge in [-0.05, 0) is 40.2 Å². The van der Waals surface area contributed by atoms with Crippen molar-refractivity contribution in [1.82, 2.24) is 10.2 Å². The van der Waals surface area contributed by atoms with E-state index in [4.69, 9.17) is 4.42 Å². The van der Waals surface area contributed by atoms with Crippen molar-refractivity contribution in [1.29, 1.82) is 0 Å². The van der Waals surface area contributed by atoms with Crippen LogP contribution < -0.4 is 0 Å². The molecule has 3 rings (SSSR count). The predicted molar refractivity (Wildman–Crippen MR) is 83.4 cm³/mol. The first-order valence-electron chi connectivity index (χ1n) is 6.08. The predicted octanol–water partition coefficient (Wildman–Crippen LogP) is 4.79. The third-order valence-corrected chi connectivity index (χ3v) is 4.69. The van der Waals surface area contributed by atoms with Crippen LogP contribution in [0.4, 0.5) is 0 Å². The van der Waals surface area contributed by atoms with E-state index in [0.29, 0.717) is 17.5 Å². The second kappa shape index (κ2) is 6.24. The third kappa shape index (κ3) is 3.11. The Labute approximate surface area is 129 Å². The summed E-state index contributed by atoms with van der Waals surface area (Å²) in [6.45, 7) is 0. The Morgan fingerprint density at radius 3 is 2.50 bits per heavy atom. The average molecular weight is 347 g/mol. The molecule has 100 valence electrons. The minimum Gasteiger partial charge on any atom is -0.420 e. The highest BCUT2D eigenvalue weighted by Gasteiger charge is 2.09. The Balaban J connectivity index is 1.71. The Morgan fingerprint density at radius 2 is 1.70 bits per heavy atom. The summed E-state index contributed by atoms with van der Waals surface area (Å²) < 4.78 is 6.75. The van der Waals surface area contributed by atoms with Crippen LogP contribution in [0.1, 0.15) is 5.89 Å². The monoisotopic (exact) mass is 346 g/mol. The highest BCUT2D eigenvalue weighted by molar-refractivity contribution is 9.10. The van der Waals surface area contributed by atoms with E-state index in [9.17, 15) is 0 Å². The number of halogens is 1. The van der Waals surface area contributed by atoms with Crippen molar-refractivity contribution in [3.8, 4) is 11.5 Å². The molecule has 0 radical (unpaired) electrons. The van der Waals surface area contributed by atoms with Gasteiger partial charge in [-0.2, -0.15) is 0 Å². The van der Waals surface area contributed by atoms with Crippen LogP contribution >= 0.6 is 27.7 Å². The number of benzene rings is 2. The van der Waals surface area contributed by atoms with Gasteiger partial charge in [0, 0.05) is 14.9 Å². The van der Waals surface area contributed by atoms with Gasteiger partial charge in [0.1, 0.15) is 0 Å². The molecule has 0 atom stereocenters. The molecule has 0 bridgehead atoms. The Bertz CT molecular complexity index is 700. The van der Waals surface area contributed by atoms with E-state index in [1.807, 2.05) is 48.5 Å². The molecule has 1 aromatic heterocycles. The van der Waals surface area contributed by atoms with Crippen molar-refractivity contribution in [3.05, 3.63) is 65.0 Å². The van der Waals surface area contributed by atoms with Gasteiger partial charge in [-0.1, -0.05) is 30.3 Å². The van der Waals surface area contributed by atoms with Crippen LogP contribution in [-0.4, -0.2) is 10.2 Å². The van der Waals surface area contributed by atoms with Gasteiger partial charge in [0.15, 0.2) is 0 Å². The lowest BCUT2D eigenvalue weighted by Gasteiger charge is -2.00. The number of thioether (sulfide) groups is 1. The smallest absolute Gasteiger partial charge is 0.247 e. The van der Waals surface area contributed by atoms with Gasteiger partial charge < -0.3 is 4.42 Å². The van der Waals surface area contributed by atoms with Crippen LogP contribution in [0.15, 0.2) is 68.4 Å². The number of hydrogen-bond donors (Lipinski definition) is 0. The summed E-state index contributed by atoms with van der Waals surface area (Å²) in [4.78, 5) is 1.16. The molecule has 0 amide bonds. The Morgan fingerprint density at radius 1 is 0.950 bits per heavy atom. The minimum absolute atomic E-state index is 0.563. The van der Waals surface area contributed by atoms with Gasteiger partial charge in [-0.3, -0.25) is 0 Å². The quantitative estimate of drug-likeness (QED) is 0.636. The molecule has 2 aromatic carbocycles. The molecular weight excluding hydrogens is 336 g/mol. The summed E-state index contributed by atoms with van der Waals surface area (Å²) in [6, 6.07) is 17.9. The fraction of sp³-hybridized carbons (Fsp3) is 0.0667. The second-order valence-corrected chi connectivity index (χ2v) is 5.96. The van der Waals surface area contributed by atoms with Gasteiger partial charge in [0.05, 0.1) is 5.75 Å². The van der Waals surface area contributed by atoms with Crippen LogP contribution in [-0.2, 0) is 5.75 Å². The van der Waals surface area contributed by atoms with E-state index in [1.54, 1.807) is 11.8 Å². The average Bonchev–Trinajstić information content (AvgIpc) is 2.96. The van der Waals surface area contributed by atoms with Crippen LogP contribution in [0.2, 0.25) is 0 Å². The van der Waals surface area contributed by atoms with E-state index in [1.165, 1.54) is 0 Å². The van der Waals surface area contributed by atoms with Crippen molar-refractivity contribution in [2.24, 2.45) is 0 Å². The highest BCUT2D eigenvalue weighted by Crippen LogP contribution is 2.30. The topological polar surface area (TPSA) is 38.9 Å². The SMILES string of the molecule is Brc1ccccc1SCc1nnc(-c2ccccc2)o1. The molecule has 3 nitrogen and oxygen atoms in total. The normalized spacial score (nSPS) is 10.7. The molecule has 0 spiro atoms. The maximum Gasteiger partial charge on any atom is 0.247 e. The first-order chi connectivity index (χ1) is 9.83. The van der Waals surface area contributed by atoms with Gasteiger partial charge in [-0.25, -0.2) is 0 Å². The largest absolute Gasteiger partial charge is 0.420 e. The lowest BCUT2D eigenvalue weighted by Crippen LogP contribution is -1.81. The lowest BCUT2D eigenvalue weighted by molar-refractivity contribution is 0.528. The highest BCUT2D eigenvalue weighted by atomic mass is 79.9. The molecular formula is C15H11BrN2OS. The Kier molecular flexibility index (Phi) is 4.18. The molecule has 5 heteroatoms. The van der Waals surface area contributed by atoms with Crippen LogP contribution in [0.3, 0.4) is 0 Å². The number of hydrogen-bond acceptors (Lipinski definition) is 4. The molecule has 20 heavy (non-hydrogen) atoms. The molecule has 0 saturated carbocycles. The van der Waals surface area contributed by atoms with E-state index >= 15 is 0 Å².